The molecule has 0 atom stereocenters. The first-order valence-electron chi connectivity index (χ1n) is 5.53. The summed E-state index contributed by atoms with van der Waals surface area (Å²) < 4.78 is 5.66. The smallest absolute Gasteiger partial charge is 0.251 e. The molecule has 7 heteroatoms. The SMILES string of the molecule is COCCNC(=O)CNC(=O)c1ccc(I)c(Cl)c1. The lowest BCUT2D eigenvalue weighted by atomic mass is 10.2. The van der Waals surface area contributed by atoms with Crippen LogP contribution in [0.5, 0.6) is 0 Å². The number of carbonyl (C=O) groups is 2. The van der Waals surface area contributed by atoms with Gasteiger partial charge in [0, 0.05) is 22.8 Å². The van der Waals surface area contributed by atoms with E-state index in [-0.39, 0.29) is 18.4 Å². The number of hydrogen-bond acceptors (Lipinski definition) is 3. The molecule has 1 rings (SSSR count). The van der Waals surface area contributed by atoms with Gasteiger partial charge in [-0.25, -0.2) is 0 Å². The summed E-state index contributed by atoms with van der Waals surface area (Å²) in [6.45, 7) is 0.777. The third-order valence-electron chi connectivity index (χ3n) is 2.22. The molecule has 104 valence electrons. The molecule has 2 amide bonds. The van der Waals surface area contributed by atoms with Crippen molar-refractivity contribution in [2.24, 2.45) is 0 Å². The van der Waals surface area contributed by atoms with Gasteiger partial charge in [-0.1, -0.05) is 11.6 Å². The number of rotatable bonds is 6. The third kappa shape index (κ3) is 5.75. The van der Waals surface area contributed by atoms with Crippen LogP contribution in [0, 0.1) is 3.57 Å². The highest BCUT2D eigenvalue weighted by molar-refractivity contribution is 14.1. The van der Waals surface area contributed by atoms with E-state index in [2.05, 4.69) is 33.2 Å². The van der Waals surface area contributed by atoms with E-state index in [4.69, 9.17) is 16.3 Å². The summed E-state index contributed by atoms with van der Waals surface area (Å²) >= 11 is 8.00. The number of methoxy groups -OCH3 is 1. The topological polar surface area (TPSA) is 67.4 Å². The van der Waals surface area contributed by atoms with Crippen LogP contribution in [0.15, 0.2) is 18.2 Å². The highest BCUT2D eigenvalue weighted by atomic mass is 127. The quantitative estimate of drug-likeness (QED) is 0.565. The Labute approximate surface area is 130 Å². The Bertz CT molecular complexity index is 468. The standard InChI is InChI=1S/C12H14ClIN2O3/c1-19-5-4-15-11(17)7-16-12(18)8-2-3-10(14)9(13)6-8/h2-3,6H,4-5,7H2,1H3,(H,15,17)(H,16,18). The second-order valence-electron chi connectivity index (χ2n) is 3.65. The van der Waals surface area contributed by atoms with Gasteiger partial charge >= 0.3 is 0 Å². The van der Waals surface area contributed by atoms with Gasteiger partial charge < -0.3 is 15.4 Å². The van der Waals surface area contributed by atoms with Gasteiger partial charge in [0.2, 0.25) is 5.91 Å². The Morgan fingerprint density at radius 3 is 2.74 bits per heavy atom. The average Bonchev–Trinajstić information content (AvgIpc) is 2.39. The van der Waals surface area contributed by atoms with Gasteiger partial charge in [0.25, 0.3) is 5.91 Å². The van der Waals surface area contributed by atoms with E-state index in [1.54, 1.807) is 25.3 Å². The van der Waals surface area contributed by atoms with E-state index in [1.165, 1.54) is 0 Å². The van der Waals surface area contributed by atoms with Crippen LogP contribution >= 0.6 is 34.2 Å². The van der Waals surface area contributed by atoms with Gasteiger partial charge in [-0.05, 0) is 40.8 Å². The molecule has 0 saturated carbocycles. The zero-order valence-corrected chi connectivity index (χ0v) is 13.2. The van der Waals surface area contributed by atoms with Crippen molar-refractivity contribution >= 4 is 46.0 Å². The molecule has 0 heterocycles. The monoisotopic (exact) mass is 396 g/mol. The van der Waals surface area contributed by atoms with Crippen LogP contribution in [0.2, 0.25) is 5.02 Å². The normalized spacial score (nSPS) is 10.1. The summed E-state index contributed by atoms with van der Waals surface area (Å²) in [5.41, 5.74) is 0.426. The molecule has 0 aliphatic carbocycles. The molecular weight excluding hydrogens is 383 g/mol. The van der Waals surface area contributed by atoms with E-state index in [9.17, 15) is 9.59 Å². The Kier molecular flexibility index (Phi) is 7.11. The molecule has 0 saturated heterocycles. The number of nitrogens with one attached hydrogen (secondary N) is 2. The minimum absolute atomic E-state index is 0.0772. The maximum absolute atomic E-state index is 11.8. The molecule has 1 aromatic rings. The summed E-state index contributed by atoms with van der Waals surface area (Å²) in [7, 11) is 1.55. The van der Waals surface area contributed by atoms with E-state index in [1.807, 2.05) is 0 Å². The van der Waals surface area contributed by atoms with Crippen molar-refractivity contribution in [2.75, 3.05) is 26.8 Å². The summed E-state index contributed by atoms with van der Waals surface area (Å²) in [6, 6.07) is 4.98. The predicted molar refractivity (Wildman–Crippen MR) is 81.4 cm³/mol. The number of benzene rings is 1. The molecule has 0 unspecified atom stereocenters. The first-order chi connectivity index (χ1) is 9.04. The van der Waals surface area contributed by atoms with E-state index >= 15 is 0 Å². The third-order valence-corrected chi connectivity index (χ3v) is 3.79. The Morgan fingerprint density at radius 1 is 1.37 bits per heavy atom. The van der Waals surface area contributed by atoms with Gasteiger partial charge in [-0.2, -0.15) is 0 Å². The van der Waals surface area contributed by atoms with Crippen LogP contribution in [-0.2, 0) is 9.53 Å². The molecule has 0 spiro atoms. The molecule has 5 nitrogen and oxygen atoms in total. The maximum Gasteiger partial charge on any atom is 0.251 e. The second kappa shape index (κ2) is 8.34. The van der Waals surface area contributed by atoms with Crippen molar-refractivity contribution in [1.82, 2.24) is 10.6 Å². The van der Waals surface area contributed by atoms with E-state index < -0.39 is 0 Å². The lowest BCUT2D eigenvalue weighted by Gasteiger charge is -2.07. The van der Waals surface area contributed by atoms with Gasteiger partial charge in [0.05, 0.1) is 18.2 Å². The van der Waals surface area contributed by atoms with Crippen molar-refractivity contribution in [3.05, 3.63) is 32.4 Å². The number of ether oxygens (including phenoxy) is 1. The summed E-state index contributed by atoms with van der Waals surface area (Å²) in [5, 5.41) is 5.64. The maximum atomic E-state index is 11.8. The fourth-order valence-corrected chi connectivity index (χ4v) is 1.77. The number of carbonyl (C=O) groups excluding carboxylic acids is 2. The zero-order chi connectivity index (χ0) is 14.3. The first-order valence-corrected chi connectivity index (χ1v) is 6.99. The molecular formula is C12H14ClIN2O3. The van der Waals surface area contributed by atoms with E-state index in [0.717, 1.165) is 3.57 Å². The van der Waals surface area contributed by atoms with Crippen LogP contribution in [0.25, 0.3) is 0 Å². The van der Waals surface area contributed by atoms with Crippen molar-refractivity contribution in [3.8, 4) is 0 Å². The fourth-order valence-electron chi connectivity index (χ4n) is 1.26. The van der Waals surface area contributed by atoms with E-state index in [0.29, 0.717) is 23.7 Å². The molecule has 0 aromatic heterocycles. The summed E-state index contributed by atoms with van der Waals surface area (Å²) in [4.78, 5) is 23.1. The van der Waals surface area contributed by atoms with Crippen LogP contribution in [0.3, 0.4) is 0 Å². The highest BCUT2D eigenvalue weighted by Gasteiger charge is 2.09. The highest BCUT2D eigenvalue weighted by Crippen LogP contribution is 2.19. The number of hydrogen-bond donors (Lipinski definition) is 2. The lowest BCUT2D eigenvalue weighted by Crippen LogP contribution is -2.38. The van der Waals surface area contributed by atoms with Gasteiger partial charge in [-0.15, -0.1) is 0 Å². The Morgan fingerprint density at radius 2 is 2.11 bits per heavy atom. The predicted octanol–water partition coefficient (Wildman–Crippen LogP) is 1.44. The van der Waals surface area contributed by atoms with Gasteiger partial charge in [0.1, 0.15) is 0 Å². The fraction of sp³-hybridized carbons (Fsp3) is 0.333. The number of amides is 2. The largest absolute Gasteiger partial charge is 0.383 e. The molecule has 19 heavy (non-hydrogen) atoms. The van der Waals surface area contributed by atoms with Gasteiger partial charge in [0.15, 0.2) is 0 Å². The number of halogens is 2. The molecule has 0 radical (unpaired) electrons. The second-order valence-corrected chi connectivity index (χ2v) is 5.22. The first kappa shape index (κ1) is 16.2. The molecule has 0 bridgehead atoms. The van der Waals surface area contributed by atoms with Crippen molar-refractivity contribution in [1.29, 1.82) is 0 Å². The zero-order valence-electron chi connectivity index (χ0n) is 10.3. The lowest BCUT2D eigenvalue weighted by molar-refractivity contribution is -0.120. The van der Waals surface area contributed by atoms with Gasteiger partial charge in [-0.3, -0.25) is 9.59 Å². The average molecular weight is 397 g/mol. The van der Waals surface area contributed by atoms with Crippen molar-refractivity contribution < 1.29 is 14.3 Å². The molecule has 1 aromatic carbocycles. The Hall–Kier alpha value is -0.860. The van der Waals surface area contributed by atoms with Crippen molar-refractivity contribution in [3.63, 3.8) is 0 Å². The molecule has 0 aliphatic rings. The molecule has 0 fully saturated rings. The minimum atomic E-state index is -0.333. The van der Waals surface area contributed by atoms with Crippen LogP contribution in [0.1, 0.15) is 10.4 Å². The van der Waals surface area contributed by atoms with Crippen LogP contribution in [-0.4, -0.2) is 38.6 Å². The summed E-state index contributed by atoms with van der Waals surface area (Å²) in [5.74, 6) is -0.595. The van der Waals surface area contributed by atoms with Crippen molar-refractivity contribution in [2.45, 2.75) is 0 Å². The summed E-state index contributed by atoms with van der Waals surface area (Å²) in [6.07, 6.45) is 0. The van der Waals surface area contributed by atoms with Crippen LogP contribution < -0.4 is 10.6 Å². The minimum Gasteiger partial charge on any atom is -0.383 e. The van der Waals surface area contributed by atoms with Crippen LogP contribution in [0.4, 0.5) is 0 Å². The molecule has 2 N–H and O–H groups in total. The molecule has 0 aliphatic heterocycles. The Balaban J connectivity index is 2.42.